The summed E-state index contributed by atoms with van der Waals surface area (Å²) in [5.74, 6) is -0.319. The van der Waals surface area contributed by atoms with Crippen LogP contribution in [0.1, 0.15) is 23.3 Å². The van der Waals surface area contributed by atoms with Gasteiger partial charge in [0.25, 0.3) is 0 Å². The van der Waals surface area contributed by atoms with Crippen molar-refractivity contribution in [1.29, 1.82) is 0 Å². The van der Waals surface area contributed by atoms with Crippen LogP contribution >= 0.6 is 11.3 Å². The number of hydrogen-bond donors (Lipinski definition) is 1. The smallest absolute Gasteiger partial charge is 0.246 e. The topological polar surface area (TPSA) is 63.4 Å². The lowest BCUT2D eigenvalue weighted by Gasteiger charge is -2.29. The molecule has 0 saturated carbocycles. The van der Waals surface area contributed by atoms with Gasteiger partial charge in [0, 0.05) is 30.0 Å². The van der Waals surface area contributed by atoms with E-state index in [-0.39, 0.29) is 17.7 Å². The quantitative estimate of drug-likeness (QED) is 0.857. The standard InChI is InChI=1S/C14H18N2O2S/c1-10-6-9-19-12(10)2-3-13(17)16-7-4-11(5-8-16)14(15)18/h2-3,6,9,11H,4-5,7-8H2,1H3,(H2,15,18)/b3-2+. The molecule has 0 radical (unpaired) electrons. The van der Waals surface area contributed by atoms with E-state index < -0.39 is 0 Å². The molecule has 0 spiro atoms. The van der Waals surface area contributed by atoms with Gasteiger partial charge in [0.05, 0.1) is 0 Å². The van der Waals surface area contributed by atoms with Crippen LogP contribution in [0, 0.1) is 12.8 Å². The van der Waals surface area contributed by atoms with Crippen LogP contribution in [0.5, 0.6) is 0 Å². The Bertz CT molecular complexity index is 499. The van der Waals surface area contributed by atoms with Crippen molar-refractivity contribution >= 4 is 29.2 Å². The molecule has 1 aliphatic heterocycles. The minimum Gasteiger partial charge on any atom is -0.369 e. The molecular weight excluding hydrogens is 260 g/mol. The first-order chi connectivity index (χ1) is 9.08. The number of likely N-dealkylation sites (tertiary alicyclic amines) is 1. The van der Waals surface area contributed by atoms with Crippen LogP contribution in [0.4, 0.5) is 0 Å². The lowest BCUT2D eigenvalue weighted by Crippen LogP contribution is -2.41. The fraction of sp³-hybridized carbons (Fsp3) is 0.429. The molecule has 2 rings (SSSR count). The number of hydrogen-bond acceptors (Lipinski definition) is 3. The zero-order chi connectivity index (χ0) is 13.8. The number of rotatable bonds is 3. The molecule has 0 aliphatic carbocycles. The molecule has 0 atom stereocenters. The second kappa shape index (κ2) is 6.02. The zero-order valence-corrected chi connectivity index (χ0v) is 11.8. The van der Waals surface area contributed by atoms with Crippen LogP contribution in [0.15, 0.2) is 17.5 Å². The molecule has 0 unspecified atom stereocenters. The Hall–Kier alpha value is -1.62. The summed E-state index contributed by atoms with van der Waals surface area (Å²) in [6, 6.07) is 2.03. The Labute approximate surface area is 116 Å². The van der Waals surface area contributed by atoms with Crippen LogP contribution in [0.3, 0.4) is 0 Å². The number of thiophene rings is 1. The van der Waals surface area contributed by atoms with Gasteiger partial charge in [0.2, 0.25) is 11.8 Å². The van der Waals surface area contributed by atoms with E-state index in [1.54, 1.807) is 22.3 Å². The van der Waals surface area contributed by atoms with Gasteiger partial charge in [-0.05, 0) is 42.9 Å². The van der Waals surface area contributed by atoms with Gasteiger partial charge in [-0.1, -0.05) is 0 Å². The minimum atomic E-state index is -0.253. The molecule has 0 bridgehead atoms. The summed E-state index contributed by atoms with van der Waals surface area (Å²) in [7, 11) is 0. The Morgan fingerprint density at radius 1 is 1.42 bits per heavy atom. The van der Waals surface area contributed by atoms with E-state index in [9.17, 15) is 9.59 Å². The molecule has 1 aromatic rings. The number of carbonyl (C=O) groups excluding carboxylic acids is 2. The lowest BCUT2D eigenvalue weighted by atomic mass is 9.96. The monoisotopic (exact) mass is 278 g/mol. The fourth-order valence-corrected chi connectivity index (χ4v) is 3.01. The first-order valence-corrected chi connectivity index (χ1v) is 7.26. The predicted molar refractivity (Wildman–Crippen MR) is 76.6 cm³/mol. The summed E-state index contributed by atoms with van der Waals surface area (Å²) in [6.45, 7) is 3.25. The third-order valence-electron chi connectivity index (χ3n) is 3.49. The number of nitrogens with two attached hydrogens (primary N) is 1. The molecule has 2 heterocycles. The van der Waals surface area contributed by atoms with E-state index in [0.717, 1.165) is 4.88 Å². The summed E-state index contributed by atoms with van der Waals surface area (Å²) in [4.78, 5) is 26.0. The summed E-state index contributed by atoms with van der Waals surface area (Å²) < 4.78 is 0. The van der Waals surface area contributed by atoms with Crippen molar-refractivity contribution in [2.24, 2.45) is 11.7 Å². The number of amides is 2. The number of aryl methyl sites for hydroxylation is 1. The third-order valence-corrected chi connectivity index (χ3v) is 4.47. The number of nitrogens with zero attached hydrogens (tertiary/aromatic N) is 1. The van der Waals surface area contributed by atoms with Gasteiger partial charge in [0.1, 0.15) is 0 Å². The maximum absolute atomic E-state index is 12.0. The summed E-state index contributed by atoms with van der Waals surface area (Å²) >= 11 is 1.62. The maximum atomic E-state index is 12.0. The summed E-state index contributed by atoms with van der Waals surface area (Å²) in [6.07, 6.45) is 4.83. The molecule has 102 valence electrons. The van der Waals surface area contributed by atoms with Gasteiger partial charge in [-0.15, -0.1) is 11.3 Å². The average Bonchev–Trinajstić information content (AvgIpc) is 2.81. The highest BCUT2D eigenvalue weighted by Gasteiger charge is 2.24. The molecule has 1 fully saturated rings. The van der Waals surface area contributed by atoms with Crippen molar-refractivity contribution in [3.05, 3.63) is 28.0 Å². The molecule has 1 aromatic heterocycles. The predicted octanol–water partition coefficient (Wildman–Crippen LogP) is 1.79. The first-order valence-electron chi connectivity index (χ1n) is 6.38. The van der Waals surface area contributed by atoms with Crippen molar-refractivity contribution in [2.75, 3.05) is 13.1 Å². The molecular formula is C14H18N2O2S. The van der Waals surface area contributed by atoms with Crippen LogP contribution in [-0.4, -0.2) is 29.8 Å². The summed E-state index contributed by atoms with van der Waals surface area (Å²) in [5.41, 5.74) is 6.46. The van der Waals surface area contributed by atoms with Crippen LogP contribution < -0.4 is 5.73 Å². The molecule has 19 heavy (non-hydrogen) atoms. The van der Waals surface area contributed by atoms with E-state index in [1.807, 2.05) is 24.4 Å². The highest BCUT2D eigenvalue weighted by molar-refractivity contribution is 7.11. The van der Waals surface area contributed by atoms with Crippen LogP contribution in [-0.2, 0) is 9.59 Å². The number of primary amides is 1. The average molecular weight is 278 g/mol. The van der Waals surface area contributed by atoms with E-state index in [2.05, 4.69) is 0 Å². The largest absolute Gasteiger partial charge is 0.369 e. The van der Waals surface area contributed by atoms with Crippen molar-refractivity contribution in [3.8, 4) is 0 Å². The zero-order valence-electron chi connectivity index (χ0n) is 11.0. The second-order valence-corrected chi connectivity index (χ2v) is 5.75. The molecule has 4 nitrogen and oxygen atoms in total. The Balaban J connectivity index is 1.90. The first kappa shape index (κ1) is 13.8. The molecule has 5 heteroatoms. The summed E-state index contributed by atoms with van der Waals surface area (Å²) in [5, 5.41) is 2.01. The maximum Gasteiger partial charge on any atom is 0.246 e. The number of piperidine rings is 1. The molecule has 2 amide bonds. The molecule has 0 aromatic carbocycles. The van der Waals surface area contributed by atoms with E-state index in [1.165, 1.54) is 5.56 Å². The van der Waals surface area contributed by atoms with E-state index >= 15 is 0 Å². The molecule has 2 N–H and O–H groups in total. The van der Waals surface area contributed by atoms with Gasteiger partial charge >= 0.3 is 0 Å². The van der Waals surface area contributed by atoms with Gasteiger partial charge in [-0.3, -0.25) is 9.59 Å². The fourth-order valence-electron chi connectivity index (χ4n) is 2.19. The molecule has 1 saturated heterocycles. The van der Waals surface area contributed by atoms with E-state index in [4.69, 9.17) is 5.73 Å². The highest BCUT2D eigenvalue weighted by Crippen LogP contribution is 2.19. The Kier molecular flexibility index (Phi) is 4.37. The van der Waals surface area contributed by atoms with Crippen molar-refractivity contribution in [2.45, 2.75) is 19.8 Å². The lowest BCUT2D eigenvalue weighted by molar-refractivity contribution is -0.130. The van der Waals surface area contributed by atoms with Crippen molar-refractivity contribution < 1.29 is 9.59 Å². The van der Waals surface area contributed by atoms with Gasteiger partial charge in [0.15, 0.2) is 0 Å². The normalized spacial score (nSPS) is 17.0. The third kappa shape index (κ3) is 3.44. The Morgan fingerprint density at radius 3 is 2.63 bits per heavy atom. The Morgan fingerprint density at radius 2 is 2.11 bits per heavy atom. The minimum absolute atomic E-state index is 0.00993. The van der Waals surface area contributed by atoms with Crippen molar-refractivity contribution in [3.63, 3.8) is 0 Å². The van der Waals surface area contributed by atoms with E-state index in [0.29, 0.717) is 25.9 Å². The van der Waals surface area contributed by atoms with Crippen LogP contribution in [0.2, 0.25) is 0 Å². The van der Waals surface area contributed by atoms with Crippen molar-refractivity contribution in [1.82, 2.24) is 4.90 Å². The van der Waals surface area contributed by atoms with Gasteiger partial charge in [-0.2, -0.15) is 0 Å². The van der Waals surface area contributed by atoms with Crippen LogP contribution in [0.25, 0.3) is 6.08 Å². The van der Waals surface area contributed by atoms with Gasteiger partial charge < -0.3 is 10.6 Å². The second-order valence-electron chi connectivity index (χ2n) is 4.80. The number of carbonyl (C=O) groups is 2. The molecule has 1 aliphatic rings. The SMILES string of the molecule is Cc1ccsc1/C=C/C(=O)N1CCC(C(N)=O)CC1. The van der Waals surface area contributed by atoms with Gasteiger partial charge in [-0.25, -0.2) is 0 Å². The highest BCUT2D eigenvalue weighted by atomic mass is 32.1.